The van der Waals surface area contributed by atoms with Crippen LogP contribution in [0.2, 0.25) is 0 Å². The molecular formula is C51H54F6N10O5S2. The number of rotatable bonds is 16. The standard InChI is InChI=1S/C51H54F6N10O5S2/c1-29-21-45(50(52,53)54)60-66(29)25-41(64-17-13-33(14-18-64)48-58-39(27-73-48)37-23-43(71-62-37)31-5-9-35(69-3)10-6-31)47(68)42(26-67-30(2)22-46(61-67)51(55,56)57)65-19-15-34(16-20-65)49-59-40(28-74-49)38-24-44(72-63-38)32-7-11-36(70-4)12-8-32/h5-12,21-22,27-28,33-34,41-44H,13-20,23-26H2,1-4H3. The number of thiazole rings is 2. The Morgan fingerprint density at radius 1 is 0.635 bits per heavy atom. The number of Topliss-reactive ketones (excluding diaryl/α,β-unsaturated/α-hetero) is 1. The highest BCUT2D eigenvalue weighted by Crippen LogP contribution is 2.38. The van der Waals surface area contributed by atoms with Crippen LogP contribution < -0.4 is 9.47 Å². The molecule has 23 heteroatoms. The van der Waals surface area contributed by atoms with E-state index in [1.807, 2.05) is 69.1 Å². The number of hydrogen-bond donors (Lipinski definition) is 0. The van der Waals surface area contributed by atoms with E-state index < -0.39 is 35.8 Å². The van der Waals surface area contributed by atoms with Crippen LogP contribution in [0.25, 0.3) is 0 Å². The summed E-state index contributed by atoms with van der Waals surface area (Å²) in [7, 11) is 3.22. The summed E-state index contributed by atoms with van der Waals surface area (Å²) < 4.78 is 97.3. The molecule has 2 fully saturated rings. The lowest BCUT2D eigenvalue weighted by Crippen LogP contribution is -2.57. The van der Waals surface area contributed by atoms with E-state index in [0.29, 0.717) is 64.7 Å². The maximum Gasteiger partial charge on any atom is 0.435 e. The fraction of sp³-hybridized carbons (Fsp3) is 0.471. The lowest BCUT2D eigenvalue weighted by molar-refractivity contribution is -0.142. The number of likely N-dealkylation sites (tertiary alicyclic amines) is 2. The van der Waals surface area contributed by atoms with Gasteiger partial charge in [0.25, 0.3) is 0 Å². The molecule has 0 amide bonds. The van der Waals surface area contributed by atoms with Crippen molar-refractivity contribution in [2.75, 3.05) is 40.4 Å². The highest BCUT2D eigenvalue weighted by Gasteiger charge is 2.42. The first-order valence-electron chi connectivity index (χ1n) is 24.4. The van der Waals surface area contributed by atoms with Crippen LogP contribution in [0.1, 0.15) is 118 Å². The third-order valence-electron chi connectivity index (χ3n) is 14.5. The van der Waals surface area contributed by atoms with Crippen LogP contribution in [0.4, 0.5) is 26.3 Å². The maximum absolute atomic E-state index is 15.5. The van der Waals surface area contributed by atoms with Crippen LogP contribution in [-0.2, 0) is 39.9 Å². The molecule has 74 heavy (non-hydrogen) atoms. The van der Waals surface area contributed by atoms with Crippen LogP contribution in [0.15, 0.2) is 81.7 Å². The van der Waals surface area contributed by atoms with Gasteiger partial charge in [-0.05, 0) is 113 Å². The van der Waals surface area contributed by atoms with Crippen molar-refractivity contribution in [1.82, 2.24) is 39.3 Å². The van der Waals surface area contributed by atoms with E-state index in [2.05, 4.69) is 20.5 Å². The SMILES string of the molecule is COc1ccc(C2CC(c3csc(C4CCN(C(Cn5nc(C(F)(F)F)cc5C)C(=O)C(Cn5nc(C(F)(F)F)cc5C)N5CCC(c6nc(C7=NOC(c8ccc(OC)cc8)C7)cs6)CC5)CC4)n3)=NO2)cc1. The summed E-state index contributed by atoms with van der Waals surface area (Å²) in [5, 5.41) is 22.3. The van der Waals surface area contributed by atoms with E-state index in [1.54, 1.807) is 14.2 Å². The van der Waals surface area contributed by atoms with Crippen molar-refractivity contribution in [3.8, 4) is 11.5 Å². The maximum atomic E-state index is 15.5. The summed E-state index contributed by atoms with van der Waals surface area (Å²) in [5.41, 5.74) is 3.14. The molecule has 4 unspecified atom stereocenters. The summed E-state index contributed by atoms with van der Waals surface area (Å²) >= 11 is 3.04. The van der Waals surface area contributed by atoms with E-state index in [-0.39, 0.29) is 54.3 Å². The van der Waals surface area contributed by atoms with Crippen LogP contribution in [0.3, 0.4) is 0 Å². The summed E-state index contributed by atoms with van der Waals surface area (Å²) in [6, 6.07) is 15.2. The van der Waals surface area contributed by atoms with Crippen molar-refractivity contribution in [2.24, 2.45) is 10.3 Å². The molecule has 4 aliphatic rings. The number of nitrogens with zero attached hydrogens (tertiary/aromatic N) is 10. The normalized spacial score (nSPS) is 20.2. The van der Waals surface area contributed by atoms with Gasteiger partial charge in [0.2, 0.25) is 0 Å². The fourth-order valence-corrected chi connectivity index (χ4v) is 12.2. The number of carbonyl (C=O) groups is 1. The van der Waals surface area contributed by atoms with Crippen LogP contribution >= 0.6 is 22.7 Å². The number of halogens is 6. The Bertz CT molecular complexity index is 2790. The van der Waals surface area contributed by atoms with Gasteiger partial charge in [0.15, 0.2) is 29.4 Å². The largest absolute Gasteiger partial charge is 0.497 e. The number of aromatic nitrogens is 6. The number of piperidine rings is 2. The number of ether oxygens (including phenoxy) is 2. The minimum atomic E-state index is -4.72. The summed E-state index contributed by atoms with van der Waals surface area (Å²) in [6.45, 7) is 4.25. The molecule has 2 saturated heterocycles. The number of methoxy groups -OCH3 is 2. The second-order valence-corrected chi connectivity index (χ2v) is 20.9. The number of oxime groups is 2. The van der Waals surface area contributed by atoms with Crippen molar-refractivity contribution in [1.29, 1.82) is 0 Å². The molecule has 0 N–H and O–H groups in total. The molecular weight excluding hydrogens is 1010 g/mol. The molecule has 2 aromatic carbocycles. The minimum Gasteiger partial charge on any atom is -0.497 e. The molecule has 6 aromatic rings. The Morgan fingerprint density at radius 2 is 1.01 bits per heavy atom. The first kappa shape index (κ1) is 51.3. The number of ketones is 1. The minimum absolute atomic E-state index is 0.0289. The van der Waals surface area contributed by atoms with Gasteiger partial charge in [0.1, 0.15) is 22.9 Å². The van der Waals surface area contributed by atoms with Crippen molar-refractivity contribution < 1.29 is 50.3 Å². The van der Waals surface area contributed by atoms with Gasteiger partial charge in [-0.15, -0.1) is 22.7 Å². The van der Waals surface area contributed by atoms with E-state index in [9.17, 15) is 26.3 Å². The zero-order valence-corrected chi connectivity index (χ0v) is 42.6. The van der Waals surface area contributed by atoms with Gasteiger partial charge in [0, 0.05) is 46.8 Å². The molecule has 0 saturated carbocycles. The van der Waals surface area contributed by atoms with E-state index in [4.69, 9.17) is 29.1 Å². The first-order valence-corrected chi connectivity index (χ1v) is 26.2. The van der Waals surface area contributed by atoms with Gasteiger partial charge in [-0.3, -0.25) is 24.0 Å². The Balaban J connectivity index is 0.863. The quantitative estimate of drug-likeness (QED) is 0.0854. The van der Waals surface area contributed by atoms with Crippen molar-refractivity contribution >= 4 is 39.9 Å². The molecule has 0 radical (unpaired) electrons. The van der Waals surface area contributed by atoms with Gasteiger partial charge in [-0.25, -0.2) is 9.97 Å². The van der Waals surface area contributed by atoms with Gasteiger partial charge in [-0.1, -0.05) is 34.6 Å². The number of hydrogen-bond acceptors (Lipinski definition) is 15. The fourth-order valence-electron chi connectivity index (χ4n) is 10.2. The van der Waals surface area contributed by atoms with Gasteiger partial charge >= 0.3 is 12.4 Å². The van der Waals surface area contributed by atoms with Crippen LogP contribution in [-0.4, -0.2) is 109 Å². The second kappa shape index (κ2) is 21.2. The molecule has 4 atom stereocenters. The Morgan fingerprint density at radius 3 is 1.35 bits per heavy atom. The van der Waals surface area contributed by atoms with E-state index in [0.717, 1.165) is 67.6 Å². The molecule has 4 aromatic heterocycles. The zero-order chi connectivity index (χ0) is 51.9. The predicted octanol–water partition coefficient (Wildman–Crippen LogP) is 10.2. The molecule has 10 rings (SSSR count). The highest BCUT2D eigenvalue weighted by molar-refractivity contribution is 7.10. The van der Waals surface area contributed by atoms with E-state index in [1.165, 1.54) is 45.9 Å². The van der Waals surface area contributed by atoms with Crippen molar-refractivity contribution in [2.45, 2.75) is 114 Å². The predicted molar refractivity (Wildman–Crippen MR) is 264 cm³/mol. The third-order valence-corrected chi connectivity index (χ3v) is 16.5. The summed E-state index contributed by atoms with van der Waals surface area (Å²) in [4.78, 5) is 41.0. The lowest BCUT2D eigenvalue weighted by atomic mass is 9.91. The molecule has 15 nitrogen and oxygen atoms in total. The molecule has 0 bridgehead atoms. The number of benzene rings is 2. The second-order valence-electron chi connectivity index (χ2n) is 19.1. The van der Waals surface area contributed by atoms with Gasteiger partial charge < -0.3 is 19.1 Å². The molecule has 8 heterocycles. The summed E-state index contributed by atoms with van der Waals surface area (Å²) in [5.74, 6) is 1.20. The van der Waals surface area contributed by atoms with Crippen LogP contribution in [0.5, 0.6) is 11.5 Å². The van der Waals surface area contributed by atoms with Gasteiger partial charge in [0.05, 0.1) is 60.8 Å². The Labute approximate surface area is 430 Å². The molecule has 0 aliphatic carbocycles. The highest BCUT2D eigenvalue weighted by atomic mass is 32.1. The topological polar surface area (TPSA) is 147 Å². The average molecular weight is 1070 g/mol. The van der Waals surface area contributed by atoms with Gasteiger partial charge in [-0.2, -0.15) is 36.5 Å². The Kier molecular flexibility index (Phi) is 14.7. The Hall–Kier alpha value is -6.17. The lowest BCUT2D eigenvalue weighted by Gasteiger charge is -2.41. The first-order chi connectivity index (χ1) is 35.5. The molecule has 0 spiro atoms. The van der Waals surface area contributed by atoms with E-state index >= 15 is 4.79 Å². The number of aryl methyl sites for hydroxylation is 2. The molecule has 392 valence electrons. The summed E-state index contributed by atoms with van der Waals surface area (Å²) in [6.07, 6.45) is -6.49. The number of carbonyl (C=O) groups excluding carboxylic acids is 1. The monoisotopic (exact) mass is 1060 g/mol. The zero-order valence-electron chi connectivity index (χ0n) is 41.0. The average Bonchev–Trinajstić information content (AvgIpc) is 4.27. The smallest absolute Gasteiger partial charge is 0.435 e. The molecule has 4 aliphatic heterocycles. The third kappa shape index (κ3) is 11.1. The van der Waals surface area contributed by atoms with Crippen LogP contribution in [0, 0.1) is 13.8 Å². The van der Waals surface area contributed by atoms with Crippen molar-refractivity contribution in [3.63, 3.8) is 0 Å². The van der Waals surface area contributed by atoms with Crippen molar-refractivity contribution in [3.05, 3.63) is 127 Å². The number of alkyl halides is 6.